The van der Waals surface area contributed by atoms with Crippen LogP contribution in [0.5, 0.6) is 5.75 Å². The van der Waals surface area contributed by atoms with E-state index in [9.17, 15) is 9.59 Å². The van der Waals surface area contributed by atoms with Crippen LogP contribution in [0.15, 0.2) is 42.6 Å². The average molecular weight is 415 g/mol. The number of benzene rings is 1. The third-order valence-electron chi connectivity index (χ3n) is 3.87. The lowest BCUT2D eigenvalue weighted by molar-refractivity contribution is -0.142. The number of nitrogens with zero attached hydrogens (tertiary/aromatic N) is 3. The number of pyridine rings is 1. The number of para-hydroxylation sites is 1. The summed E-state index contributed by atoms with van der Waals surface area (Å²) in [4.78, 5) is 35.4. The zero-order chi connectivity index (χ0) is 20.6. The third kappa shape index (κ3) is 5.49. The molecule has 0 fully saturated rings. The zero-order valence-corrected chi connectivity index (χ0v) is 17.0. The highest BCUT2D eigenvalue weighted by Gasteiger charge is 2.20. The third-order valence-corrected chi connectivity index (χ3v) is 4.83. The van der Waals surface area contributed by atoms with Gasteiger partial charge >= 0.3 is 12.1 Å². The number of esters is 1. The molecule has 152 valence electrons. The topological polar surface area (TPSA) is 90.9 Å². The van der Waals surface area contributed by atoms with Crippen LogP contribution in [0.1, 0.15) is 18.4 Å². The van der Waals surface area contributed by atoms with E-state index in [2.05, 4.69) is 9.97 Å². The van der Waals surface area contributed by atoms with Crippen molar-refractivity contribution in [1.29, 1.82) is 0 Å². The molecule has 2 heterocycles. The number of carbonyl (C=O) groups excluding carboxylic acids is 2. The summed E-state index contributed by atoms with van der Waals surface area (Å²) >= 11 is 1.42. The first kappa shape index (κ1) is 20.7. The van der Waals surface area contributed by atoms with E-state index in [0.29, 0.717) is 24.4 Å². The summed E-state index contributed by atoms with van der Waals surface area (Å²) in [5.41, 5.74) is 1.25. The summed E-state index contributed by atoms with van der Waals surface area (Å²) in [7, 11) is 1.60. The first-order chi connectivity index (χ1) is 14.1. The first-order valence-corrected chi connectivity index (χ1v) is 9.86. The van der Waals surface area contributed by atoms with E-state index in [0.717, 1.165) is 9.84 Å². The Bertz CT molecular complexity index is 977. The number of aromatic nitrogens is 2. The standard InChI is InChI=1S/C20H21N3O5S/c1-3-27-18(24)9-10-23(14-7-5-4-6-8-14)20(25)28-15-11-16-19(21-12-15)29-17(22-16)13-26-2/h4-8,11-12H,3,9-10,13H2,1-2H3. The number of fused-ring (bicyclic) bond motifs is 1. The molecule has 0 spiro atoms. The van der Waals surface area contributed by atoms with Crippen molar-refractivity contribution in [2.45, 2.75) is 20.0 Å². The highest BCUT2D eigenvalue weighted by molar-refractivity contribution is 7.18. The van der Waals surface area contributed by atoms with Crippen molar-refractivity contribution in [1.82, 2.24) is 9.97 Å². The maximum atomic E-state index is 12.8. The van der Waals surface area contributed by atoms with Gasteiger partial charge in [-0.1, -0.05) is 29.5 Å². The van der Waals surface area contributed by atoms with Crippen LogP contribution in [-0.4, -0.2) is 42.3 Å². The van der Waals surface area contributed by atoms with Gasteiger partial charge in [0.15, 0.2) is 5.75 Å². The fourth-order valence-electron chi connectivity index (χ4n) is 2.62. The number of carbonyl (C=O) groups is 2. The first-order valence-electron chi connectivity index (χ1n) is 9.05. The Labute approximate surface area is 172 Å². The number of amides is 1. The molecule has 0 aliphatic rings. The second-order valence-corrected chi connectivity index (χ2v) is 7.01. The minimum Gasteiger partial charge on any atom is -0.466 e. The van der Waals surface area contributed by atoms with Crippen LogP contribution in [0.2, 0.25) is 0 Å². The van der Waals surface area contributed by atoms with Crippen molar-refractivity contribution >= 4 is 39.4 Å². The van der Waals surface area contributed by atoms with Crippen molar-refractivity contribution in [2.24, 2.45) is 0 Å². The van der Waals surface area contributed by atoms with Gasteiger partial charge in [-0.3, -0.25) is 9.69 Å². The number of hydrogen-bond acceptors (Lipinski definition) is 8. The molecule has 1 amide bonds. The highest BCUT2D eigenvalue weighted by Crippen LogP contribution is 2.25. The van der Waals surface area contributed by atoms with Gasteiger partial charge in [-0.2, -0.15) is 0 Å². The number of ether oxygens (including phenoxy) is 3. The number of rotatable bonds is 8. The maximum Gasteiger partial charge on any atom is 0.419 e. The van der Waals surface area contributed by atoms with Crippen LogP contribution < -0.4 is 9.64 Å². The summed E-state index contributed by atoms with van der Waals surface area (Å²) in [5.74, 6) is -0.105. The number of hydrogen-bond donors (Lipinski definition) is 0. The molecule has 0 saturated carbocycles. The van der Waals surface area contributed by atoms with Gasteiger partial charge in [0, 0.05) is 25.4 Å². The molecule has 3 rings (SSSR count). The molecule has 9 heteroatoms. The van der Waals surface area contributed by atoms with Gasteiger partial charge in [0.1, 0.15) is 15.4 Å². The molecular weight excluding hydrogens is 394 g/mol. The van der Waals surface area contributed by atoms with E-state index >= 15 is 0 Å². The Morgan fingerprint density at radius 3 is 2.72 bits per heavy atom. The quantitative estimate of drug-likeness (QED) is 0.517. The van der Waals surface area contributed by atoms with Gasteiger partial charge in [0.05, 0.1) is 25.8 Å². The largest absolute Gasteiger partial charge is 0.466 e. The second-order valence-electron chi connectivity index (χ2n) is 5.95. The van der Waals surface area contributed by atoms with Crippen LogP contribution in [0.25, 0.3) is 10.3 Å². The van der Waals surface area contributed by atoms with Crippen LogP contribution in [0.4, 0.5) is 10.5 Å². The Morgan fingerprint density at radius 2 is 2.00 bits per heavy atom. The molecule has 2 aromatic heterocycles. The second kappa shape index (κ2) is 9.94. The Hall–Kier alpha value is -3.04. The Morgan fingerprint density at radius 1 is 1.21 bits per heavy atom. The lowest BCUT2D eigenvalue weighted by atomic mass is 10.3. The van der Waals surface area contributed by atoms with Gasteiger partial charge in [-0.05, 0) is 19.1 Å². The van der Waals surface area contributed by atoms with Crippen LogP contribution >= 0.6 is 11.3 Å². The molecule has 8 nitrogen and oxygen atoms in total. The fraction of sp³-hybridized carbons (Fsp3) is 0.300. The van der Waals surface area contributed by atoms with Crippen LogP contribution in [0.3, 0.4) is 0 Å². The van der Waals surface area contributed by atoms with Gasteiger partial charge in [-0.15, -0.1) is 0 Å². The average Bonchev–Trinajstić information content (AvgIpc) is 3.11. The van der Waals surface area contributed by atoms with Crippen molar-refractivity contribution in [2.75, 3.05) is 25.2 Å². The van der Waals surface area contributed by atoms with Crippen molar-refractivity contribution in [3.05, 3.63) is 47.6 Å². The van der Waals surface area contributed by atoms with Crippen molar-refractivity contribution in [3.63, 3.8) is 0 Å². The molecule has 29 heavy (non-hydrogen) atoms. The predicted molar refractivity (Wildman–Crippen MR) is 109 cm³/mol. The maximum absolute atomic E-state index is 12.8. The van der Waals surface area contributed by atoms with E-state index in [1.165, 1.54) is 22.4 Å². The number of methoxy groups -OCH3 is 1. The summed E-state index contributed by atoms with van der Waals surface area (Å²) < 4.78 is 15.5. The Balaban J connectivity index is 1.76. The van der Waals surface area contributed by atoms with Crippen molar-refractivity contribution in [3.8, 4) is 5.75 Å². The number of anilines is 1. The van der Waals surface area contributed by atoms with Crippen LogP contribution in [0, 0.1) is 0 Å². The van der Waals surface area contributed by atoms with E-state index in [1.54, 1.807) is 44.4 Å². The van der Waals surface area contributed by atoms with Crippen LogP contribution in [-0.2, 0) is 20.9 Å². The van der Waals surface area contributed by atoms with Crippen molar-refractivity contribution < 1.29 is 23.8 Å². The molecule has 0 aliphatic carbocycles. The molecule has 0 aliphatic heterocycles. The molecule has 0 bridgehead atoms. The van der Waals surface area contributed by atoms with E-state index in [4.69, 9.17) is 14.2 Å². The normalized spacial score (nSPS) is 10.7. The summed E-state index contributed by atoms with van der Waals surface area (Å²) in [5, 5.41) is 0.791. The van der Waals surface area contributed by atoms with Gasteiger partial charge in [0.25, 0.3) is 0 Å². The number of thiazole rings is 1. The molecule has 0 atom stereocenters. The molecule has 0 radical (unpaired) electrons. The SMILES string of the molecule is CCOC(=O)CCN(C(=O)Oc1cnc2sc(COC)nc2c1)c1ccccc1. The van der Waals surface area contributed by atoms with E-state index < -0.39 is 6.09 Å². The van der Waals surface area contributed by atoms with E-state index in [1.807, 2.05) is 6.07 Å². The van der Waals surface area contributed by atoms with E-state index in [-0.39, 0.29) is 24.7 Å². The fourth-order valence-corrected chi connectivity index (χ4v) is 3.48. The van der Waals surface area contributed by atoms with Gasteiger partial charge in [-0.25, -0.2) is 14.8 Å². The molecular formula is C20H21N3O5S. The van der Waals surface area contributed by atoms with Gasteiger partial charge < -0.3 is 14.2 Å². The minimum absolute atomic E-state index is 0.0571. The molecule has 0 unspecified atom stereocenters. The summed E-state index contributed by atoms with van der Waals surface area (Å²) in [6.07, 6.45) is 0.916. The van der Waals surface area contributed by atoms with Gasteiger partial charge in [0.2, 0.25) is 0 Å². The Kier molecular flexibility index (Phi) is 7.09. The minimum atomic E-state index is -0.617. The monoisotopic (exact) mass is 415 g/mol. The molecule has 1 aromatic carbocycles. The summed E-state index contributed by atoms with van der Waals surface area (Å²) in [6, 6.07) is 10.7. The summed E-state index contributed by atoms with van der Waals surface area (Å²) in [6.45, 7) is 2.55. The molecule has 0 saturated heterocycles. The lowest BCUT2D eigenvalue weighted by Gasteiger charge is -2.21. The molecule has 0 N–H and O–H groups in total. The smallest absolute Gasteiger partial charge is 0.419 e. The molecule has 3 aromatic rings. The zero-order valence-electron chi connectivity index (χ0n) is 16.2. The lowest BCUT2D eigenvalue weighted by Crippen LogP contribution is -2.35. The highest BCUT2D eigenvalue weighted by atomic mass is 32.1. The predicted octanol–water partition coefficient (Wildman–Crippen LogP) is 3.80.